The van der Waals surface area contributed by atoms with Crippen LogP contribution in [0.2, 0.25) is 0 Å². The minimum absolute atomic E-state index is 0.0637. The predicted octanol–water partition coefficient (Wildman–Crippen LogP) is 0.126. The summed E-state index contributed by atoms with van der Waals surface area (Å²) >= 11 is 0. The van der Waals surface area contributed by atoms with Crippen molar-refractivity contribution in [1.82, 2.24) is 4.98 Å². The second kappa shape index (κ2) is 4.49. The van der Waals surface area contributed by atoms with E-state index >= 15 is 0 Å². The average molecular weight is 201 g/mol. The number of rotatable bonds is 4. The first-order chi connectivity index (χ1) is 6.69. The molecule has 78 valence electrons. The minimum atomic E-state index is 0.0637. The van der Waals surface area contributed by atoms with Crippen LogP contribution < -0.4 is 21.2 Å². The molecule has 1 rings (SSSR count). The Hall–Kier alpha value is -1.73. The van der Waals surface area contributed by atoms with Gasteiger partial charge in [0.1, 0.15) is 11.4 Å². The highest BCUT2D eigenvalue weighted by molar-refractivity contribution is 5.61. The summed E-state index contributed by atoms with van der Waals surface area (Å²) in [6, 6.07) is 1.43. The standard InChI is InChI=1S/C7H11N3O4/c1-11-13-6-4(8)3-5(9)7(10-6)14-12-2/h3H,8-9H2,1-2H3. The van der Waals surface area contributed by atoms with E-state index in [1.807, 2.05) is 0 Å². The fourth-order valence-corrected chi connectivity index (χ4v) is 0.804. The van der Waals surface area contributed by atoms with Crippen LogP contribution in [-0.2, 0) is 9.78 Å². The van der Waals surface area contributed by atoms with Crippen LogP contribution in [0.5, 0.6) is 11.8 Å². The average Bonchev–Trinajstić information content (AvgIpc) is 2.14. The van der Waals surface area contributed by atoms with Gasteiger partial charge >= 0.3 is 0 Å². The molecule has 0 saturated carbocycles. The molecule has 4 N–H and O–H groups in total. The fraction of sp³-hybridized carbons (Fsp3) is 0.286. The van der Waals surface area contributed by atoms with E-state index in [1.54, 1.807) is 0 Å². The Labute approximate surface area is 80.4 Å². The van der Waals surface area contributed by atoms with E-state index in [0.717, 1.165) is 0 Å². The van der Waals surface area contributed by atoms with Crippen molar-refractivity contribution in [1.29, 1.82) is 0 Å². The molecule has 0 radical (unpaired) electrons. The van der Waals surface area contributed by atoms with Gasteiger partial charge in [-0.3, -0.25) is 0 Å². The lowest BCUT2D eigenvalue weighted by atomic mass is 10.3. The van der Waals surface area contributed by atoms with Crippen LogP contribution in [0.25, 0.3) is 0 Å². The zero-order chi connectivity index (χ0) is 10.6. The van der Waals surface area contributed by atoms with E-state index < -0.39 is 0 Å². The van der Waals surface area contributed by atoms with Crippen LogP contribution in [0, 0.1) is 0 Å². The van der Waals surface area contributed by atoms with Gasteiger partial charge < -0.3 is 21.2 Å². The second-order valence-electron chi connectivity index (χ2n) is 2.28. The molecule has 7 nitrogen and oxygen atoms in total. The second-order valence-corrected chi connectivity index (χ2v) is 2.28. The van der Waals surface area contributed by atoms with Crippen LogP contribution in [0.15, 0.2) is 6.07 Å². The van der Waals surface area contributed by atoms with Crippen LogP contribution in [-0.4, -0.2) is 19.2 Å². The summed E-state index contributed by atoms with van der Waals surface area (Å²) in [5.41, 5.74) is 11.5. The molecule has 0 fully saturated rings. The van der Waals surface area contributed by atoms with Crippen LogP contribution in [0.3, 0.4) is 0 Å². The van der Waals surface area contributed by atoms with Gasteiger partial charge in [-0.25, -0.2) is 0 Å². The summed E-state index contributed by atoms with van der Waals surface area (Å²) in [5, 5.41) is 0. The molecule has 0 saturated heterocycles. The number of anilines is 2. The minimum Gasteiger partial charge on any atom is -0.394 e. The summed E-state index contributed by atoms with van der Waals surface area (Å²) in [5.74, 6) is 0.127. The first-order valence-electron chi connectivity index (χ1n) is 3.66. The number of aromatic nitrogens is 1. The summed E-state index contributed by atoms with van der Waals surface area (Å²) in [6.45, 7) is 0. The van der Waals surface area contributed by atoms with Crippen molar-refractivity contribution < 1.29 is 19.6 Å². The molecule has 0 amide bonds. The monoisotopic (exact) mass is 201 g/mol. The van der Waals surface area contributed by atoms with E-state index in [2.05, 4.69) is 24.5 Å². The fourth-order valence-electron chi connectivity index (χ4n) is 0.804. The summed E-state index contributed by atoms with van der Waals surface area (Å²) in [7, 11) is 2.66. The van der Waals surface area contributed by atoms with Gasteiger partial charge in [0.2, 0.25) is 0 Å². The Morgan fingerprint density at radius 3 is 1.79 bits per heavy atom. The molecule has 0 bridgehead atoms. The first-order valence-corrected chi connectivity index (χ1v) is 3.66. The number of pyridine rings is 1. The molecule has 0 aliphatic rings. The predicted molar refractivity (Wildman–Crippen MR) is 48.3 cm³/mol. The first kappa shape index (κ1) is 10.4. The molecule has 1 aromatic rings. The molecule has 0 unspecified atom stereocenters. The Morgan fingerprint density at radius 1 is 1.00 bits per heavy atom. The molecule has 14 heavy (non-hydrogen) atoms. The van der Waals surface area contributed by atoms with Crippen molar-refractivity contribution in [3.63, 3.8) is 0 Å². The zero-order valence-corrected chi connectivity index (χ0v) is 7.81. The van der Waals surface area contributed by atoms with Gasteiger partial charge in [0.15, 0.2) is 0 Å². The zero-order valence-electron chi connectivity index (χ0n) is 7.81. The quantitative estimate of drug-likeness (QED) is 0.527. The molecule has 1 heterocycles. The van der Waals surface area contributed by atoms with Gasteiger partial charge in [0.25, 0.3) is 11.8 Å². The lowest BCUT2D eigenvalue weighted by molar-refractivity contribution is -0.190. The maximum Gasteiger partial charge on any atom is 0.282 e. The number of nitrogens with zero attached hydrogens (tertiary/aromatic N) is 1. The molecular formula is C7H11N3O4. The van der Waals surface area contributed by atoms with Crippen LogP contribution >= 0.6 is 0 Å². The van der Waals surface area contributed by atoms with Crippen molar-refractivity contribution in [3.8, 4) is 11.8 Å². The highest BCUT2D eigenvalue weighted by atomic mass is 17.2. The maximum atomic E-state index is 5.53. The maximum absolute atomic E-state index is 5.53. The van der Waals surface area contributed by atoms with E-state index in [1.165, 1.54) is 20.3 Å². The lowest BCUT2D eigenvalue weighted by Gasteiger charge is -2.07. The van der Waals surface area contributed by atoms with Crippen molar-refractivity contribution >= 4 is 11.4 Å². The Bertz CT molecular complexity index is 291. The van der Waals surface area contributed by atoms with Crippen molar-refractivity contribution in [2.24, 2.45) is 0 Å². The molecular weight excluding hydrogens is 190 g/mol. The number of nitrogen functional groups attached to an aromatic ring is 2. The summed E-state index contributed by atoms with van der Waals surface area (Å²) in [6.07, 6.45) is 0. The third-order valence-electron chi connectivity index (χ3n) is 1.33. The number of hydrogen-bond donors (Lipinski definition) is 2. The normalized spacial score (nSPS) is 9.86. The highest BCUT2D eigenvalue weighted by Crippen LogP contribution is 2.28. The largest absolute Gasteiger partial charge is 0.394 e. The SMILES string of the molecule is COOc1nc(OOC)c(N)cc1N. The van der Waals surface area contributed by atoms with Crippen LogP contribution in [0.1, 0.15) is 0 Å². The van der Waals surface area contributed by atoms with Gasteiger partial charge in [0.05, 0.1) is 14.2 Å². The molecule has 7 heteroatoms. The smallest absolute Gasteiger partial charge is 0.282 e. The summed E-state index contributed by atoms with van der Waals surface area (Å²) in [4.78, 5) is 21.9. The van der Waals surface area contributed by atoms with Crippen molar-refractivity contribution in [2.75, 3.05) is 25.7 Å². The van der Waals surface area contributed by atoms with E-state index in [-0.39, 0.29) is 23.1 Å². The van der Waals surface area contributed by atoms with Gasteiger partial charge in [-0.1, -0.05) is 0 Å². The molecule has 1 aromatic heterocycles. The number of nitrogens with two attached hydrogens (primary N) is 2. The lowest BCUT2D eigenvalue weighted by Crippen LogP contribution is -2.04. The van der Waals surface area contributed by atoms with Gasteiger partial charge in [-0.2, -0.15) is 14.8 Å². The van der Waals surface area contributed by atoms with E-state index in [4.69, 9.17) is 11.5 Å². The van der Waals surface area contributed by atoms with Crippen molar-refractivity contribution in [3.05, 3.63) is 6.07 Å². The third kappa shape index (κ3) is 2.15. The highest BCUT2D eigenvalue weighted by Gasteiger charge is 2.11. The molecule has 0 atom stereocenters. The van der Waals surface area contributed by atoms with E-state index in [0.29, 0.717) is 0 Å². The summed E-state index contributed by atoms with van der Waals surface area (Å²) < 4.78 is 0. The van der Waals surface area contributed by atoms with Gasteiger partial charge in [0, 0.05) is 0 Å². The Morgan fingerprint density at radius 2 is 1.43 bits per heavy atom. The van der Waals surface area contributed by atoms with Gasteiger partial charge in [-0.05, 0) is 6.07 Å². The third-order valence-corrected chi connectivity index (χ3v) is 1.33. The molecule has 0 spiro atoms. The number of hydrogen-bond acceptors (Lipinski definition) is 7. The van der Waals surface area contributed by atoms with Crippen molar-refractivity contribution in [2.45, 2.75) is 0 Å². The van der Waals surface area contributed by atoms with E-state index in [9.17, 15) is 0 Å². The molecule has 0 aromatic carbocycles. The Kier molecular flexibility index (Phi) is 3.32. The Balaban J connectivity index is 3.00. The molecule has 0 aliphatic carbocycles. The van der Waals surface area contributed by atoms with Gasteiger partial charge in [-0.15, -0.1) is 0 Å². The molecule has 0 aliphatic heterocycles. The van der Waals surface area contributed by atoms with Crippen LogP contribution in [0.4, 0.5) is 11.4 Å². The topological polar surface area (TPSA) is 102 Å².